The molecule has 0 unspecified atom stereocenters. The third-order valence-corrected chi connectivity index (χ3v) is 6.99. The Labute approximate surface area is 184 Å². The second kappa shape index (κ2) is 8.55. The molecule has 0 radical (unpaired) electrons. The Morgan fingerprint density at radius 3 is 2.52 bits per heavy atom. The van der Waals surface area contributed by atoms with Crippen LogP contribution in [0.4, 0.5) is 0 Å². The minimum Gasteiger partial charge on any atom is -0.489 e. The van der Waals surface area contributed by atoms with Crippen molar-refractivity contribution in [2.24, 2.45) is 0 Å². The van der Waals surface area contributed by atoms with Crippen LogP contribution in [0.1, 0.15) is 53.4 Å². The fraction of sp³-hybridized carbons (Fsp3) is 0.280. The summed E-state index contributed by atoms with van der Waals surface area (Å²) < 4.78 is 8.21. The Morgan fingerprint density at radius 1 is 1.06 bits per heavy atom. The first-order valence-electron chi connectivity index (χ1n) is 10.7. The highest BCUT2D eigenvalue weighted by molar-refractivity contribution is 7.20. The highest BCUT2D eigenvalue weighted by Gasteiger charge is 2.25. The van der Waals surface area contributed by atoms with Crippen molar-refractivity contribution >= 4 is 27.7 Å². The maximum atomic E-state index is 11.5. The third-order valence-electron chi connectivity index (χ3n) is 5.88. The number of fused-ring (bicyclic) bond motifs is 1. The second-order valence-corrected chi connectivity index (χ2v) is 9.03. The number of thiophene rings is 1. The van der Waals surface area contributed by atoms with E-state index in [9.17, 15) is 9.90 Å². The van der Waals surface area contributed by atoms with Crippen molar-refractivity contribution in [1.82, 2.24) is 9.55 Å². The Bertz CT molecular complexity index is 1190. The Hall–Kier alpha value is -3.12. The SMILES string of the molecule is O=C(O)c1cc2nc(-c3ccc(OCc4ccccc4)cc3)n(C3CCCCC3)c2s1. The van der Waals surface area contributed by atoms with Crippen LogP contribution in [-0.4, -0.2) is 20.6 Å². The number of carbonyl (C=O) groups is 1. The predicted molar refractivity (Wildman–Crippen MR) is 123 cm³/mol. The highest BCUT2D eigenvalue weighted by Crippen LogP contribution is 2.39. The van der Waals surface area contributed by atoms with E-state index in [0.29, 0.717) is 17.5 Å². The smallest absolute Gasteiger partial charge is 0.346 e. The highest BCUT2D eigenvalue weighted by atomic mass is 32.1. The van der Waals surface area contributed by atoms with E-state index >= 15 is 0 Å². The lowest BCUT2D eigenvalue weighted by Gasteiger charge is -2.25. The number of aromatic carboxylic acids is 1. The van der Waals surface area contributed by atoms with Gasteiger partial charge in [0.2, 0.25) is 0 Å². The van der Waals surface area contributed by atoms with Crippen LogP contribution < -0.4 is 4.74 Å². The summed E-state index contributed by atoms with van der Waals surface area (Å²) in [7, 11) is 0. The van der Waals surface area contributed by atoms with Crippen LogP contribution in [0.5, 0.6) is 5.75 Å². The van der Waals surface area contributed by atoms with Gasteiger partial charge in [0.05, 0.1) is 0 Å². The van der Waals surface area contributed by atoms with Gasteiger partial charge in [0, 0.05) is 11.6 Å². The lowest BCUT2D eigenvalue weighted by atomic mass is 9.95. The van der Waals surface area contributed by atoms with E-state index in [4.69, 9.17) is 9.72 Å². The summed E-state index contributed by atoms with van der Waals surface area (Å²) in [4.78, 5) is 17.6. The number of nitrogens with zero attached hydrogens (tertiary/aromatic N) is 2. The lowest BCUT2D eigenvalue weighted by Crippen LogP contribution is -2.13. The quantitative estimate of drug-likeness (QED) is 0.375. The third kappa shape index (κ3) is 4.08. The van der Waals surface area contributed by atoms with E-state index in [0.717, 1.165) is 45.9 Å². The van der Waals surface area contributed by atoms with Crippen LogP contribution in [0, 0.1) is 0 Å². The monoisotopic (exact) mass is 432 g/mol. The summed E-state index contributed by atoms with van der Waals surface area (Å²) in [5, 5.41) is 9.41. The van der Waals surface area contributed by atoms with Crippen molar-refractivity contribution in [3.8, 4) is 17.1 Å². The number of rotatable bonds is 6. The van der Waals surface area contributed by atoms with Gasteiger partial charge < -0.3 is 14.4 Å². The molecule has 1 aliphatic rings. The molecule has 5 rings (SSSR count). The van der Waals surface area contributed by atoms with Gasteiger partial charge in [0.1, 0.15) is 33.4 Å². The number of imidazole rings is 1. The van der Waals surface area contributed by atoms with Crippen LogP contribution in [-0.2, 0) is 6.61 Å². The Morgan fingerprint density at radius 2 is 1.81 bits per heavy atom. The zero-order valence-corrected chi connectivity index (χ0v) is 18.0. The maximum Gasteiger partial charge on any atom is 0.346 e. The van der Waals surface area contributed by atoms with E-state index < -0.39 is 5.97 Å². The molecule has 1 N–H and O–H groups in total. The van der Waals surface area contributed by atoms with Gasteiger partial charge in [-0.25, -0.2) is 9.78 Å². The van der Waals surface area contributed by atoms with Gasteiger partial charge in [0.15, 0.2) is 0 Å². The van der Waals surface area contributed by atoms with Crippen LogP contribution in [0.25, 0.3) is 21.7 Å². The first-order valence-corrected chi connectivity index (χ1v) is 11.5. The molecule has 0 saturated heterocycles. The van der Waals surface area contributed by atoms with Crippen molar-refractivity contribution < 1.29 is 14.6 Å². The van der Waals surface area contributed by atoms with E-state index in [2.05, 4.69) is 4.57 Å². The minimum absolute atomic E-state index is 0.346. The van der Waals surface area contributed by atoms with E-state index in [1.54, 1.807) is 6.07 Å². The maximum absolute atomic E-state index is 11.5. The average Bonchev–Trinajstić information content (AvgIpc) is 3.38. The molecular formula is C25H24N2O3S. The topological polar surface area (TPSA) is 64.3 Å². The second-order valence-electron chi connectivity index (χ2n) is 8.00. The van der Waals surface area contributed by atoms with Crippen LogP contribution in [0.2, 0.25) is 0 Å². The van der Waals surface area contributed by atoms with Gasteiger partial charge in [-0.3, -0.25) is 0 Å². The molecule has 2 aromatic heterocycles. The largest absolute Gasteiger partial charge is 0.489 e. The molecular weight excluding hydrogens is 408 g/mol. The normalized spacial score (nSPS) is 14.7. The molecule has 31 heavy (non-hydrogen) atoms. The molecule has 1 aliphatic carbocycles. The molecule has 0 atom stereocenters. The first-order chi connectivity index (χ1) is 15.2. The number of hydrogen-bond donors (Lipinski definition) is 1. The molecule has 6 heteroatoms. The number of aromatic nitrogens is 2. The minimum atomic E-state index is -0.889. The average molecular weight is 433 g/mol. The molecule has 2 aromatic carbocycles. The lowest BCUT2D eigenvalue weighted by molar-refractivity contribution is 0.0702. The van der Waals surface area contributed by atoms with Gasteiger partial charge >= 0.3 is 5.97 Å². The fourth-order valence-corrected chi connectivity index (χ4v) is 5.33. The molecule has 0 bridgehead atoms. The van der Waals surface area contributed by atoms with Crippen LogP contribution in [0.3, 0.4) is 0 Å². The van der Waals surface area contributed by atoms with Crippen molar-refractivity contribution in [2.75, 3.05) is 0 Å². The number of carboxylic acid groups (broad SMARTS) is 1. The number of hydrogen-bond acceptors (Lipinski definition) is 4. The summed E-state index contributed by atoms with van der Waals surface area (Å²) >= 11 is 1.33. The first kappa shape index (κ1) is 19.8. The van der Waals surface area contributed by atoms with Crippen molar-refractivity contribution in [1.29, 1.82) is 0 Å². The molecule has 4 aromatic rings. The van der Waals surface area contributed by atoms with E-state index in [1.807, 2.05) is 54.6 Å². The molecule has 1 fully saturated rings. The van der Waals surface area contributed by atoms with Crippen molar-refractivity contribution in [2.45, 2.75) is 44.8 Å². The van der Waals surface area contributed by atoms with E-state index in [1.165, 1.54) is 30.6 Å². The molecule has 158 valence electrons. The zero-order valence-electron chi connectivity index (χ0n) is 17.2. The summed E-state index contributed by atoms with van der Waals surface area (Å²) in [5.74, 6) is 0.845. The van der Waals surface area contributed by atoms with Crippen LogP contribution in [0.15, 0.2) is 60.7 Å². The number of benzene rings is 2. The molecule has 0 aliphatic heterocycles. The standard InChI is InChI=1S/C25H24N2O3S/c28-25(29)22-15-21-24(31-22)27(19-9-5-2-6-10-19)23(26-21)18-11-13-20(14-12-18)30-16-17-7-3-1-4-8-17/h1,3-4,7-8,11-15,19H,2,5-6,9-10,16H2,(H,28,29). The summed E-state index contributed by atoms with van der Waals surface area (Å²) in [6.07, 6.45) is 5.89. The van der Waals surface area contributed by atoms with E-state index in [-0.39, 0.29) is 0 Å². The zero-order chi connectivity index (χ0) is 21.2. The van der Waals surface area contributed by atoms with Gasteiger partial charge in [-0.2, -0.15) is 0 Å². The van der Waals surface area contributed by atoms with Gasteiger partial charge in [-0.15, -0.1) is 11.3 Å². The van der Waals surface area contributed by atoms with Crippen LogP contribution >= 0.6 is 11.3 Å². The van der Waals surface area contributed by atoms with Crippen molar-refractivity contribution in [3.05, 3.63) is 71.1 Å². The predicted octanol–water partition coefficient (Wildman–Crippen LogP) is 6.55. The Balaban J connectivity index is 1.45. The summed E-state index contributed by atoms with van der Waals surface area (Å²) in [5.41, 5.74) is 2.93. The van der Waals surface area contributed by atoms with Gasteiger partial charge in [0.25, 0.3) is 0 Å². The number of carboxylic acids is 1. The van der Waals surface area contributed by atoms with Crippen molar-refractivity contribution in [3.63, 3.8) is 0 Å². The number of ether oxygens (including phenoxy) is 1. The summed E-state index contributed by atoms with van der Waals surface area (Å²) in [6, 6.07) is 20.2. The molecule has 0 spiro atoms. The molecule has 2 heterocycles. The molecule has 5 nitrogen and oxygen atoms in total. The fourth-order valence-electron chi connectivity index (χ4n) is 4.32. The summed E-state index contributed by atoms with van der Waals surface area (Å²) in [6.45, 7) is 0.532. The van der Waals surface area contributed by atoms with Gasteiger partial charge in [-0.1, -0.05) is 49.6 Å². The Kier molecular flexibility index (Phi) is 5.47. The molecule has 1 saturated carbocycles. The van der Waals surface area contributed by atoms with Gasteiger partial charge in [-0.05, 0) is 48.7 Å². The molecule has 0 amide bonds.